The molecule has 6 nitrogen and oxygen atoms in total. The van der Waals surface area contributed by atoms with Crippen LogP contribution in [0.15, 0.2) is 22.7 Å². The normalized spacial score (nSPS) is 17.5. The first-order valence-electron chi connectivity index (χ1n) is 9.29. The SMILES string of the molecule is COC(=O)[C@@H](CC(C)C)CS(=O)(=O)N1CCC(Oc2ccc(F)cc2Br)CC1. The third kappa shape index (κ3) is 6.42. The molecular formula is C19H27BrFNO5S. The van der Waals surface area contributed by atoms with E-state index >= 15 is 0 Å². The molecule has 0 N–H and O–H groups in total. The summed E-state index contributed by atoms with van der Waals surface area (Å²) in [5, 5.41) is 0. The Labute approximate surface area is 174 Å². The van der Waals surface area contributed by atoms with Crippen molar-refractivity contribution in [3.63, 3.8) is 0 Å². The highest BCUT2D eigenvalue weighted by molar-refractivity contribution is 9.10. The lowest BCUT2D eigenvalue weighted by molar-refractivity contribution is -0.145. The highest BCUT2D eigenvalue weighted by Gasteiger charge is 2.34. The summed E-state index contributed by atoms with van der Waals surface area (Å²) in [5.74, 6) is -1.04. The minimum absolute atomic E-state index is 0.153. The van der Waals surface area contributed by atoms with Crippen molar-refractivity contribution in [3.05, 3.63) is 28.5 Å². The van der Waals surface area contributed by atoms with Crippen LogP contribution < -0.4 is 4.74 Å². The van der Waals surface area contributed by atoms with Gasteiger partial charge in [-0.2, -0.15) is 0 Å². The van der Waals surface area contributed by atoms with Crippen LogP contribution >= 0.6 is 15.9 Å². The van der Waals surface area contributed by atoms with Crippen LogP contribution in [0.2, 0.25) is 0 Å². The van der Waals surface area contributed by atoms with Gasteiger partial charge in [-0.1, -0.05) is 13.8 Å². The fourth-order valence-corrected chi connectivity index (χ4v) is 5.51. The predicted molar refractivity (Wildman–Crippen MR) is 108 cm³/mol. The number of carbonyl (C=O) groups is 1. The van der Waals surface area contributed by atoms with Crippen molar-refractivity contribution >= 4 is 31.9 Å². The first-order valence-corrected chi connectivity index (χ1v) is 11.7. The molecule has 0 radical (unpaired) electrons. The van der Waals surface area contributed by atoms with Crippen LogP contribution in [0.25, 0.3) is 0 Å². The van der Waals surface area contributed by atoms with Crippen molar-refractivity contribution in [3.8, 4) is 5.75 Å². The van der Waals surface area contributed by atoms with E-state index in [0.717, 1.165) is 0 Å². The van der Waals surface area contributed by atoms with Crippen LogP contribution in [-0.2, 0) is 19.6 Å². The summed E-state index contributed by atoms with van der Waals surface area (Å²) in [5.41, 5.74) is 0. The summed E-state index contributed by atoms with van der Waals surface area (Å²) >= 11 is 3.27. The molecular weight excluding hydrogens is 453 g/mol. The van der Waals surface area contributed by atoms with E-state index in [1.165, 1.54) is 23.5 Å². The van der Waals surface area contributed by atoms with Gasteiger partial charge in [0.2, 0.25) is 10.0 Å². The zero-order valence-corrected chi connectivity index (χ0v) is 18.8. The first kappa shape index (κ1) is 23.1. The van der Waals surface area contributed by atoms with Crippen LogP contribution in [0.3, 0.4) is 0 Å². The van der Waals surface area contributed by atoms with E-state index in [0.29, 0.717) is 42.6 Å². The third-order valence-corrected chi connectivity index (χ3v) is 7.28. The van der Waals surface area contributed by atoms with Crippen molar-refractivity contribution in [2.75, 3.05) is 26.0 Å². The number of rotatable bonds is 8. The molecule has 1 atom stereocenters. The van der Waals surface area contributed by atoms with E-state index in [2.05, 4.69) is 15.9 Å². The van der Waals surface area contributed by atoms with Gasteiger partial charge in [0.1, 0.15) is 17.7 Å². The zero-order chi connectivity index (χ0) is 20.9. The summed E-state index contributed by atoms with van der Waals surface area (Å²) in [6.45, 7) is 4.53. The van der Waals surface area contributed by atoms with Gasteiger partial charge in [-0.05, 0) is 59.3 Å². The molecule has 0 saturated carbocycles. The van der Waals surface area contributed by atoms with Crippen molar-refractivity contribution in [1.29, 1.82) is 0 Å². The van der Waals surface area contributed by atoms with Gasteiger partial charge in [-0.3, -0.25) is 4.79 Å². The predicted octanol–water partition coefficient (Wildman–Crippen LogP) is 3.60. The van der Waals surface area contributed by atoms with Crippen LogP contribution in [0.4, 0.5) is 4.39 Å². The molecule has 1 aromatic rings. The maximum Gasteiger partial charge on any atom is 0.309 e. The molecule has 1 heterocycles. The second-order valence-corrected chi connectivity index (χ2v) is 10.3. The van der Waals surface area contributed by atoms with Crippen LogP contribution in [-0.4, -0.2) is 50.7 Å². The summed E-state index contributed by atoms with van der Waals surface area (Å²) in [4.78, 5) is 12.0. The Morgan fingerprint density at radius 2 is 1.96 bits per heavy atom. The largest absolute Gasteiger partial charge is 0.489 e. The molecule has 9 heteroatoms. The van der Waals surface area contributed by atoms with E-state index < -0.39 is 21.9 Å². The van der Waals surface area contributed by atoms with Gasteiger partial charge in [0.25, 0.3) is 0 Å². The van der Waals surface area contributed by atoms with Crippen molar-refractivity contribution in [2.24, 2.45) is 11.8 Å². The van der Waals surface area contributed by atoms with Gasteiger partial charge in [-0.25, -0.2) is 17.1 Å². The molecule has 28 heavy (non-hydrogen) atoms. The Hall–Kier alpha value is -1.19. The third-order valence-electron chi connectivity index (χ3n) is 4.68. The van der Waals surface area contributed by atoms with E-state index in [9.17, 15) is 17.6 Å². The molecule has 0 amide bonds. The number of nitrogens with zero attached hydrogens (tertiary/aromatic N) is 1. The van der Waals surface area contributed by atoms with Gasteiger partial charge >= 0.3 is 5.97 Å². The number of benzene rings is 1. The number of halogens is 2. The fourth-order valence-electron chi connectivity index (χ4n) is 3.31. The molecule has 0 bridgehead atoms. The zero-order valence-electron chi connectivity index (χ0n) is 16.4. The number of ether oxygens (including phenoxy) is 2. The topological polar surface area (TPSA) is 72.9 Å². The Bertz CT molecular complexity index is 779. The fraction of sp³-hybridized carbons (Fsp3) is 0.632. The summed E-state index contributed by atoms with van der Waals surface area (Å²) in [6, 6.07) is 4.20. The number of piperidine rings is 1. The summed E-state index contributed by atoms with van der Waals surface area (Å²) < 4.78 is 51.4. The van der Waals surface area contributed by atoms with Gasteiger partial charge in [0.15, 0.2) is 0 Å². The number of esters is 1. The van der Waals surface area contributed by atoms with Gasteiger partial charge < -0.3 is 9.47 Å². The van der Waals surface area contributed by atoms with E-state index in [-0.39, 0.29) is 23.6 Å². The van der Waals surface area contributed by atoms with Crippen molar-refractivity contribution in [1.82, 2.24) is 4.31 Å². The van der Waals surface area contributed by atoms with Gasteiger partial charge in [0, 0.05) is 13.1 Å². The van der Waals surface area contributed by atoms with Crippen LogP contribution in [0.1, 0.15) is 33.1 Å². The van der Waals surface area contributed by atoms with Crippen LogP contribution in [0, 0.1) is 17.7 Å². The average Bonchev–Trinajstić information content (AvgIpc) is 2.62. The highest BCUT2D eigenvalue weighted by atomic mass is 79.9. The molecule has 0 unspecified atom stereocenters. The molecule has 1 aliphatic heterocycles. The lowest BCUT2D eigenvalue weighted by Gasteiger charge is -2.32. The maximum absolute atomic E-state index is 13.2. The maximum atomic E-state index is 13.2. The number of methoxy groups -OCH3 is 1. The quantitative estimate of drug-likeness (QED) is 0.532. The summed E-state index contributed by atoms with van der Waals surface area (Å²) in [6.07, 6.45) is 1.36. The minimum atomic E-state index is -3.58. The van der Waals surface area contributed by atoms with Crippen LogP contribution in [0.5, 0.6) is 5.75 Å². The Balaban J connectivity index is 1.95. The van der Waals surface area contributed by atoms with Crippen molar-refractivity contribution in [2.45, 2.75) is 39.2 Å². The standard InChI is InChI=1S/C19H27BrFNO5S/c1-13(2)10-14(19(23)26-3)12-28(24,25)22-8-6-16(7-9-22)27-18-5-4-15(21)11-17(18)20/h4-5,11,13-14,16H,6-10,12H2,1-3H3/t14-/m0/s1. The molecule has 1 aromatic carbocycles. The van der Waals surface area contributed by atoms with E-state index in [4.69, 9.17) is 9.47 Å². The Kier molecular flexibility index (Phi) is 8.27. The second-order valence-electron chi connectivity index (χ2n) is 7.42. The Morgan fingerprint density at radius 3 is 2.50 bits per heavy atom. The van der Waals surface area contributed by atoms with Gasteiger partial charge in [-0.15, -0.1) is 0 Å². The smallest absolute Gasteiger partial charge is 0.309 e. The molecule has 158 valence electrons. The lowest BCUT2D eigenvalue weighted by Crippen LogP contribution is -2.44. The van der Waals surface area contributed by atoms with Gasteiger partial charge in [0.05, 0.1) is 23.3 Å². The summed E-state index contributed by atoms with van der Waals surface area (Å²) in [7, 11) is -2.30. The average molecular weight is 480 g/mol. The molecule has 2 rings (SSSR count). The van der Waals surface area contributed by atoms with E-state index in [1.807, 2.05) is 13.8 Å². The molecule has 0 aliphatic carbocycles. The molecule has 1 aliphatic rings. The molecule has 1 fully saturated rings. The lowest BCUT2D eigenvalue weighted by atomic mass is 9.99. The van der Waals surface area contributed by atoms with Crippen molar-refractivity contribution < 1.29 is 27.1 Å². The molecule has 0 aromatic heterocycles. The first-order chi connectivity index (χ1) is 13.1. The monoisotopic (exact) mass is 479 g/mol. The molecule has 1 saturated heterocycles. The Morgan fingerprint density at radius 1 is 1.32 bits per heavy atom. The highest BCUT2D eigenvalue weighted by Crippen LogP contribution is 2.29. The number of sulfonamides is 1. The second kappa shape index (κ2) is 10.0. The van der Waals surface area contributed by atoms with E-state index in [1.54, 1.807) is 6.07 Å². The number of carbonyl (C=O) groups excluding carboxylic acids is 1. The minimum Gasteiger partial charge on any atom is -0.489 e. The number of hydrogen-bond acceptors (Lipinski definition) is 5. The molecule has 0 spiro atoms. The number of hydrogen-bond donors (Lipinski definition) is 0.